The van der Waals surface area contributed by atoms with Crippen LogP contribution in [0.4, 0.5) is 10.1 Å². The van der Waals surface area contributed by atoms with Crippen LogP contribution in [0.15, 0.2) is 46.5 Å². The van der Waals surface area contributed by atoms with Crippen molar-refractivity contribution in [3.63, 3.8) is 0 Å². The summed E-state index contributed by atoms with van der Waals surface area (Å²) < 4.78 is 44.2. The van der Waals surface area contributed by atoms with Crippen LogP contribution in [0.1, 0.15) is 25.1 Å². The predicted octanol–water partition coefficient (Wildman–Crippen LogP) is 2.25. The van der Waals surface area contributed by atoms with Crippen molar-refractivity contribution in [1.82, 2.24) is 19.7 Å². The third-order valence-corrected chi connectivity index (χ3v) is 6.83. The van der Waals surface area contributed by atoms with Gasteiger partial charge in [0.2, 0.25) is 0 Å². The number of carbonyl (C=O) groups is 1. The predicted molar refractivity (Wildman–Crippen MR) is 117 cm³/mol. The molecule has 0 saturated carbocycles. The average Bonchev–Trinajstić information content (AvgIpc) is 3.02. The number of aromatic nitrogens is 3. The zero-order valence-electron chi connectivity index (χ0n) is 17.2. The first kappa shape index (κ1) is 20.6. The summed E-state index contributed by atoms with van der Waals surface area (Å²) in [4.78, 5) is 14.5. The molecule has 32 heavy (non-hydrogen) atoms. The summed E-state index contributed by atoms with van der Waals surface area (Å²) in [7, 11) is -3.65. The molecule has 3 aliphatic heterocycles. The van der Waals surface area contributed by atoms with E-state index in [1.165, 1.54) is 18.2 Å². The molecular formula is C21H21FN6O3S. The number of halogens is 1. The Morgan fingerprint density at radius 1 is 1.12 bits per heavy atom. The van der Waals surface area contributed by atoms with E-state index < -0.39 is 21.7 Å². The number of nitrogens with zero attached hydrogens (tertiary/aromatic N) is 5. The third-order valence-electron chi connectivity index (χ3n) is 5.68. The molecule has 0 fully saturated rings. The van der Waals surface area contributed by atoms with Crippen LogP contribution in [-0.2, 0) is 27.8 Å². The normalized spacial score (nSPS) is 19.3. The number of hydrogen-bond donors (Lipinski definition) is 1. The lowest BCUT2D eigenvalue weighted by atomic mass is 10.1. The number of sulfonamides is 1. The van der Waals surface area contributed by atoms with Crippen molar-refractivity contribution in [3.8, 4) is 11.4 Å². The summed E-state index contributed by atoms with van der Waals surface area (Å²) in [5.74, 6) is 0.186. The number of hydrogen-bond acceptors (Lipinski definition) is 6. The number of aryl methyl sites for hydroxylation is 1. The van der Waals surface area contributed by atoms with E-state index in [-0.39, 0.29) is 29.4 Å². The molecule has 0 spiro atoms. The summed E-state index contributed by atoms with van der Waals surface area (Å²) >= 11 is 0. The van der Waals surface area contributed by atoms with Gasteiger partial charge in [0.15, 0.2) is 11.7 Å². The first-order valence-corrected chi connectivity index (χ1v) is 12.0. The molecule has 166 valence electrons. The lowest BCUT2D eigenvalue weighted by molar-refractivity contribution is -0.112. The third kappa shape index (κ3) is 3.83. The first-order valence-electron chi connectivity index (χ1n) is 10.4. The van der Waals surface area contributed by atoms with Crippen LogP contribution >= 0.6 is 0 Å². The molecule has 0 atom stereocenters. The van der Waals surface area contributed by atoms with Crippen molar-refractivity contribution >= 4 is 27.5 Å². The van der Waals surface area contributed by atoms with Gasteiger partial charge < -0.3 is 14.8 Å². The van der Waals surface area contributed by atoms with Crippen molar-refractivity contribution in [3.05, 3.63) is 53.8 Å². The van der Waals surface area contributed by atoms with Crippen LogP contribution in [0.2, 0.25) is 0 Å². The van der Waals surface area contributed by atoms with E-state index in [9.17, 15) is 17.6 Å². The standard InChI is InChI=1S/C21H21FN6O3S/c22-16-8-7-14(19-25-24-18-6-2-1-3-10-28(18)19)13-17(16)23-21(29)15-5-4-9-27-11-12-32(30,31)26-20(15)27/h4-5,7-9,13H,1-3,6,10-12H2,(H,23,29). The molecule has 11 heteroatoms. The summed E-state index contributed by atoms with van der Waals surface area (Å²) in [5, 5.41) is 11.1. The largest absolute Gasteiger partial charge is 0.331 e. The number of carbonyl (C=O) groups excluding carboxylic acids is 1. The lowest BCUT2D eigenvalue weighted by Gasteiger charge is -2.28. The quantitative estimate of drug-likeness (QED) is 0.759. The Morgan fingerprint density at radius 2 is 2.00 bits per heavy atom. The zero-order chi connectivity index (χ0) is 22.3. The minimum atomic E-state index is -3.65. The van der Waals surface area contributed by atoms with Crippen LogP contribution < -0.4 is 5.32 Å². The molecule has 0 radical (unpaired) electrons. The minimum Gasteiger partial charge on any atom is -0.331 e. The summed E-state index contributed by atoms with van der Waals surface area (Å²) in [5.41, 5.74) is 0.663. The van der Waals surface area contributed by atoms with Crippen LogP contribution in [0.5, 0.6) is 0 Å². The smallest absolute Gasteiger partial charge is 0.259 e. The molecule has 5 rings (SSSR count). The molecule has 1 aromatic heterocycles. The fraction of sp³-hybridized carbons (Fsp3) is 0.333. The second kappa shape index (κ2) is 7.97. The number of amidine groups is 1. The highest BCUT2D eigenvalue weighted by molar-refractivity contribution is 7.90. The molecule has 0 bridgehead atoms. The van der Waals surface area contributed by atoms with Gasteiger partial charge in [-0.1, -0.05) is 6.42 Å². The highest BCUT2D eigenvalue weighted by Crippen LogP contribution is 2.27. The second-order valence-electron chi connectivity index (χ2n) is 7.87. The van der Waals surface area contributed by atoms with Crippen LogP contribution in [0, 0.1) is 5.82 Å². The highest BCUT2D eigenvalue weighted by atomic mass is 32.2. The SMILES string of the molecule is O=C(Nc1cc(-c2nnc3n2CCCCC3)ccc1F)C1=CC=CN2CCS(=O)(=O)N=C12. The van der Waals surface area contributed by atoms with Gasteiger partial charge in [-0.15, -0.1) is 14.6 Å². The van der Waals surface area contributed by atoms with E-state index in [0.29, 0.717) is 11.4 Å². The number of nitrogens with one attached hydrogen (secondary N) is 1. The van der Waals surface area contributed by atoms with Gasteiger partial charge in [-0.25, -0.2) is 12.8 Å². The van der Waals surface area contributed by atoms with Crippen LogP contribution in [0.3, 0.4) is 0 Å². The molecule has 3 aliphatic rings. The monoisotopic (exact) mass is 456 g/mol. The molecule has 2 aromatic rings. The molecule has 1 aromatic carbocycles. The van der Waals surface area contributed by atoms with E-state index in [1.54, 1.807) is 23.2 Å². The number of amides is 1. The first-order chi connectivity index (χ1) is 15.4. The van der Waals surface area contributed by atoms with E-state index >= 15 is 0 Å². The molecule has 9 nitrogen and oxygen atoms in total. The van der Waals surface area contributed by atoms with E-state index in [1.807, 2.05) is 4.57 Å². The van der Waals surface area contributed by atoms with E-state index in [4.69, 9.17) is 0 Å². The molecule has 0 aliphatic carbocycles. The fourth-order valence-corrected chi connectivity index (χ4v) is 5.03. The molecule has 0 unspecified atom stereocenters. The number of allylic oxidation sites excluding steroid dienone is 2. The fourth-order valence-electron chi connectivity index (χ4n) is 4.04. The number of anilines is 1. The van der Waals surface area contributed by atoms with Crippen molar-refractivity contribution in [2.75, 3.05) is 17.6 Å². The van der Waals surface area contributed by atoms with Gasteiger partial charge in [0.25, 0.3) is 15.9 Å². The van der Waals surface area contributed by atoms with E-state index in [0.717, 1.165) is 38.1 Å². The van der Waals surface area contributed by atoms with Crippen molar-refractivity contribution in [2.45, 2.75) is 32.2 Å². The lowest BCUT2D eigenvalue weighted by Crippen LogP contribution is -2.40. The Balaban J connectivity index is 1.45. The Bertz CT molecular complexity index is 1290. The van der Waals surface area contributed by atoms with Gasteiger partial charge in [0.1, 0.15) is 11.6 Å². The topological polar surface area (TPSA) is 110 Å². The Labute approximate surface area is 184 Å². The van der Waals surface area contributed by atoms with Crippen LogP contribution in [-0.4, -0.2) is 52.1 Å². The maximum absolute atomic E-state index is 14.6. The molecule has 1 amide bonds. The van der Waals surface area contributed by atoms with Gasteiger partial charge in [0.05, 0.1) is 17.0 Å². The molecule has 0 saturated heterocycles. The second-order valence-corrected chi connectivity index (χ2v) is 9.62. The summed E-state index contributed by atoms with van der Waals surface area (Å²) in [6, 6.07) is 4.40. The summed E-state index contributed by atoms with van der Waals surface area (Å²) in [6.07, 6.45) is 8.79. The van der Waals surface area contributed by atoms with Crippen LogP contribution in [0.25, 0.3) is 11.4 Å². The van der Waals surface area contributed by atoms with E-state index in [2.05, 4.69) is 19.9 Å². The van der Waals surface area contributed by atoms with Gasteiger partial charge in [-0.05, 0) is 43.2 Å². The van der Waals surface area contributed by atoms with Crippen molar-refractivity contribution < 1.29 is 17.6 Å². The van der Waals surface area contributed by atoms with Crippen molar-refractivity contribution in [1.29, 1.82) is 0 Å². The molecule has 1 N–H and O–H groups in total. The molecular weight excluding hydrogens is 435 g/mol. The molecule has 4 heterocycles. The van der Waals surface area contributed by atoms with Gasteiger partial charge in [-0.3, -0.25) is 4.79 Å². The average molecular weight is 457 g/mol. The minimum absolute atomic E-state index is 0.0280. The van der Waals surface area contributed by atoms with Crippen molar-refractivity contribution in [2.24, 2.45) is 4.40 Å². The number of rotatable bonds is 3. The van der Waals surface area contributed by atoms with Gasteiger partial charge in [-0.2, -0.15) is 0 Å². The number of fused-ring (bicyclic) bond motifs is 2. The summed E-state index contributed by atoms with van der Waals surface area (Å²) in [6.45, 7) is 0.990. The van der Waals surface area contributed by atoms with Gasteiger partial charge >= 0.3 is 0 Å². The Morgan fingerprint density at radius 3 is 2.88 bits per heavy atom. The number of benzene rings is 1. The van der Waals surface area contributed by atoms with Gasteiger partial charge in [0, 0.05) is 31.3 Å². The maximum Gasteiger partial charge on any atom is 0.259 e. The highest BCUT2D eigenvalue weighted by Gasteiger charge is 2.30. The maximum atomic E-state index is 14.6. The zero-order valence-corrected chi connectivity index (χ0v) is 18.0. The Kier molecular flexibility index (Phi) is 5.12. The Hall–Kier alpha value is -3.34.